The van der Waals surface area contributed by atoms with Gasteiger partial charge >= 0.3 is 6.01 Å². The first-order valence-electron chi connectivity index (χ1n) is 7.71. The van der Waals surface area contributed by atoms with E-state index in [0.29, 0.717) is 11.5 Å². The Bertz CT molecular complexity index is 845. The molecular weight excluding hydrogens is 338 g/mol. The van der Waals surface area contributed by atoms with Crippen LogP contribution in [0.3, 0.4) is 0 Å². The number of aromatic nitrogens is 2. The number of nitrogens with zero attached hydrogens (tertiary/aromatic N) is 2. The van der Waals surface area contributed by atoms with Crippen LogP contribution in [0.25, 0.3) is 11.5 Å². The van der Waals surface area contributed by atoms with E-state index < -0.39 is 0 Å². The second-order valence-electron chi connectivity index (χ2n) is 5.05. The molecule has 0 radical (unpaired) electrons. The normalized spacial score (nSPS) is 10.5. The minimum atomic E-state index is -0.294. The van der Waals surface area contributed by atoms with E-state index in [1.165, 1.54) is 0 Å². The minimum absolute atomic E-state index is 0.0582. The first kappa shape index (κ1) is 17.0. The Hall–Kier alpha value is -2.80. The van der Waals surface area contributed by atoms with E-state index in [1.807, 2.05) is 24.3 Å². The molecule has 1 aromatic heterocycles. The van der Waals surface area contributed by atoms with Gasteiger partial charge in [0.15, 0.2) is 0 Å². The maximum Gasteiger partial charge on any atom is 0.322 e. The number of amides is 1. The van der Waals surface area contributed by atoms with Gasteiger partial charge in [-0.15, -0.1) is 16.9 Å². The third-order valence-electron chi connectivity index (χ3n) is 3.41. The van der Waals surface area contributed by atoms with Crippen molar-refractivity contribution in [3.63, 3.8) is 0 Å². The van der Waals surface area contributed by atoms with Gasteiger partial charge in [-0.3, -0.25) is 10.1 Å². The van der Waals surface area contributed by atoms with Crippen LogP contribution in [0.4, 0.5) is 6.01 Å². The molecule has 0 spiro atoms. The number of hydrogen-bond donors (Lipinski definition) is 1. The zero-order chi connectivity index (χ0) is 17.6. The Morgan fingerprint density at radius 2 is 1.84 bits per heavy atom. The van der Waals surface area contributed by atoms with Gasteiger partial charge < -0.3 is 9.15 Å². The highest BCUT2D eigenvalue weighted by molar-refractivity contribution is 7.99. The monoisotopic (exact) mass is 355 g/mol. The third-order valence-corrected chi connectivity index (χ3v) is 4.30. The molecule has 0 atom stereocenters. The molecule has 6 nitrogen and oxygen atoms in total. The highest BCUT2D eigenvalue weighted by atomic mass is 32.2. The molecule has 0 saturated carbocycles. The van der Waals surface area contributed by atoms with Crippen LogP contribution in [0.1, 0.15) is 17.3 Å². The van der Waals surface area contributed by atoms with Crippen molar-refractivity contribution >= 4 is 23.7 Å². The number of hydrogen-bond acceptors (Lipinski definition) is 6. The van der Waals surface area contributed by atoms with Crippen LogP contribution >= 0.6 is 11.8 Å². The maximum absolute atomic E-state index is 12.3. The molecule has 1 N–H and O–H groups in total. The van der Waals surface area contributed by atoms with Crippen LogP contribution in [0.15, 0.2) is 57.8 Å². The Balaban J connectivity index is 1.68. The van der Waals surface area contributed by atoms with Crippen LogP contribution in [0.5, 0.6) is 5.75 Å². The average molecular weight is 355 g/mol. The summed E-state index contributed by atoms with van der Waals surface area (Å²) in [6.07, 6.45) is 0. The summed E-state index contributed by atoms with van der Waals surface area (Å²) >= 11 is 1.72. The van der Waals surface area contributed by atoms with E-state index in [2.05, 4.69) is 22.4 Å². The molecule has 2 aromatic carbocycles. The van der Waals surface area contributed by atoms with Gasteiger partial charge in [0.05, 0.1) is 7.11 Å². The average Bonchev–Trinajstić information content (AvgIpc) is 3.11. The number of ether oxygens (including phenoxy) is 1. The van der Waals surface area contributed by atoms with Gasteiger partial charge in [-0.05, 0) is 54.3 Å². The lowest BCUT2D eigenvalue weighted by Gasteiger charge is -2.02. The number of methoxy groups -OCH3 is 1. The second kappa shape index (κ2) is 7.85. The molecular formula is C18H17N3O3S. The predicted molar refractivity (Wildman–Crippen MR) is 97.1 cm³/mol. The highest BCUT2D eigenvalue weighted by Gasteiger charge is 2.13. The Morgan fingerprint density at radius 3 is 2.48 bits per heavy atom. The van der Waals surface area contributed by atoms with Gasteiger partial charge in [0.1, 0.15) is 5.75 Å². The van der Waals surface area contributed by atoms with Gasteiger partial charge in [-0.25, -0.2) is 0 Å². The van der Waals surface area contributed by atoms with Crippen molar-refractivity contribution in [1.29, 1.82) is 0 Å². The molecule has 3 rings (SSSR count). The van der Waals surface area contributed by atoms with E-state index in [1.54, 1.807) is 43.1 Å². The quantitative estimate of drug-likeness (QED) is 0.671. The molecule has 0 aliphatic carbocycles. The molecule has 1 heterocycles. The molecule has 25 heavy (non-hydrogen) atoms. The van der Waals surface area contributed by atoms with E-state index >= 15 is 0 Å². The summed E-state index contributed by atoms with van der Waals surface area (Å²) in [5.41, 5.74) is 1.28. The summed E-state index contributed by atoms with van der Waals surface area (Å²) in [5.74, 6) is 1.76. The maximum atomic E-state index is 12.3. The zero-order valence-corrected chi connectivity index (χ0v) is 14.7. The molecule has 7 heteroatoms. The smallest absolute Gasteiger partial charge is 0.322 e. The summed E-state index contributed by atoms with van der Waals surface area (Å²) in [7, 11) is 1.60. The summed E-state index contributed by atoms with van der Waals surface area (Å²) in [6, 6.07) is 14.6. The van der Waals surface area contributed by atoms with Gasteiger partial charge in [0, 0.05) is 16.0 Å². The van der Waals surface area contributed by atoms with Crippen LogP contribution in [-0.4, -0.2) is 29.0 Å². The fraction of sp³-hybridized carbons (Fsp3) is 0.167. The fourth-order valence-corrected chi connectivity index (χ4v) is 2.82. The summed E-state index contributed by atoms with van der Waals surface area (Å²) in [6.45, 7) is 2.08. The van der Waals surface area contributed by atoms with Crippen molar-refractivity contribution in [3.05, 3.63) is 54.1 Å². The number of anilines is 1. The SMILES string of the molecule is CCSc1ccc(C(=O)Nc2nnc(-c3ccc(OC)cc3)o2)cc1. The Morgan fingerprint density at radius 1 is 1.12 bits per heavy atom. The van der Waals surface area contributed by atoms with Crippen molar-refractivity contribution in [2.24, 2.45) is 0 Å². The largest absolute Gasteiger partial charge is 0.497 e. The predicted octanol–water partition coefficient (Wildman–Crippen LogP) is 4.11. The number of rotatable bonds is 6. The number of benzene rings is 2. The molecule has 0 saturated heterocycles. The van der Waals surface area contributed by atoms with Crippen LogP contribution < -0.4 is 10.1 Å². The number of carbonyl (C=O) groups is 1. The zero-order valence-electron chi connectivity index (χ0n) is 13.9. The lowest BCUT2D eigenvalue weighted by Crippen LogP contribution is -2.11. The van der Waals surface area contributed by atoms with E-state index in [4.69, 9.17) is 9.15 Å². The second-order valence-corrected chi connectivity index (χ2v) is 6.39. The van der Waals surface area contributed by atoms with Crippen LogP contribution in [-0.2, 0) is 0 Å². The molecule has 1 amide bonds. The standard InChI is InChI=1S/C18H17N3O3S/c1-3-25-15-10-6-12(7-11-15)16(22)19-18-21-20-17(24-18)13-4-8-14(23-2)9-5-13/h4-11H,3H2,1-2H3,(H,19,21,22). The molecule has 0 fully saturated rings. The van der Waals surface area contributed by atoms with Crippen molar-refractivity contribution in [2.45, 2.75) is 11.8 Å². The van der Waals surface area contributed by atoms with Crippen molar-refractivity contribution in [3.8, 4) is 17.2 Å². The van der Waals surface area contributed by atoms with E-state index in [-0.39, 0.29) is 11.9 Å². The molecule has 0 aliphatic heterocycles. The molecule has 0 bridgehead atoms. The summed E-state index contributed by atoms with van der Waals surface area (Å²) in [5, 5.41) is 10.4. The Labute approximate surface area is 149 Å². The fourth-order valence-electron chi connectivity index (χ4n) is 2.16. The van der Waals surface area contributed by atoms with E-state index in [9.17, 15) is 4.79 Å². The first-order valence-corrected chi connectivity index (χ1v) is 8.70. The topological polar surface area (TPSA) is 77.2 Å². The molecule has 0 unspecified atom stereocenters. The molecule has 0 aliphatic rings. The van der Waals surface area contributed by atoms with E-state index in [0.717, 1.165) is 22.0 Å². The lowest BCUT2D eigenvalue weighted by molar-refractivity contribution is 0.102. The van der Waals surface area contributed by atoms with Gasteiger partial charge in [0.2, 0.25) is 5.89 Å². The number of carbonyl (C=O) groups excluding carboxylic acids is 1. The number of nitrogens with one attached hydrogen (secondary N) is 1. The van der Waals surface area contributed by atoms with Gasteiger partial charge in [-0.1, -0.05) is 12.0 Å². The summed E-state index contributed by atoms with van der Waals surface area (Å²) in [4.78, 5) is 13.4. The Kier molecular flexibility index (Phi) is 5.35. The van der Waals surface area contributed by atoms with Crippen molar-refractivity contribution < 1.29 is 13.9 Å². The minimum Gasteiger partial charge on any atom is -0.497 e. The lowest BCUT2D eigenvalue weighted by atomic mass is 10.2. The highest BCUT2D eigenvalue weighted by Crippen LogP contribution is 2.23. The number of thioether (sulfide) groups is 1. The van der Waals surface area contributed by atoms with Crippen molar-refractivity contribution in [1.82, 2.24) is 10.2 Å². The first-order chi connectivity index (χ1) is 12.2. The van der Waals surface area contributed by atoms with Gasteiger partial charge in [-0.2, -0.15) is 0 Å². The van der Waals surface area contributed by atoms with Crippen LogP contribution in [0.2, 0.25) is 0 Å². The van der Waals surface area contributed by atoms with Crippen LogP contribution in [0, 0.1) is 0 Å². The third kappa shape index (κ3) is 4.19. The summed E-state index contributed by atoms with van der Waals surface area (Å²) < 4.78 is 10.6. The van der Waals surface area contributed by atoms with Gasteiger partial charge in [0.25, 0.3) is 5.91 Å². The van der Waals surface area contributed by atoms with Crippen molar-refractivity contribution in [2.75, 3.05) is 18.2 Å². The molecule has 3 aromatic rings. The molecule has 128 valence electrons.